The number of hydrogen-bond acceptors (Lipinski definition) is 10. The highest BCUT2D eigenvalue weighted by Crippen LogP contribution is 2.42. The second kappa shape index (κ2) is 20.9. The largest absolute Gasteiger partial charge is 0.497 e. The first-order valence-electron chi connectivity index (χ1n) is 22.1. The number of piperazine rings is 1. The van der Waals surface area contributed by atoms with Crippen LogP contribution in [-0.2, 0) is 11.2 Å². The molecule has 1 fully saturated rings. The van der Waals surface area contributed by atoms with Gasteiger partial charge in [-0.25, -0.2) is 9.49 Å². The molecule has 0 aliphatic carbocycles. The number of unbranched alkanes of at least 4 members (excludes halogenated alkanes) is 2. The Morgan fingerprint density at radius 3 is 2.20 bits per heavy atom. The molecule has 7 aromatic rings. The molecule has 0 saturated carbocycles. The van der Waals surface area contributed by atoms with Gasteiger partial charge in [0.15, 0.2) is 5.78 Å². The zero-order valence-electron chi connectivity index (χ0n) is 37.3. The highest BCUT2D eigenvalue weighted by atomic mass is 32.1. The number of H-pyrrole nitrogens is 1. The van der Waals surface area contributed by atoms with Crippen LogP contribution in [0.2, 0.25) is 0 Å². The Morgan fingerprint density at radius 1 is 0.758 bits per heavy atom. The molecule has 2 amide bonds. The van der Waals surface area contributed by atoms with E-state index in [-0.39, 0.29) is 22.8 Å². The number of benzene rings is 5. The maximum Gasteiger partial charge on any atom is 0.272 e. The molecule has 0 spiro atoms. The van der Waals surface area contributed by atoms with Crippen molar-refractivity contribution in [2.45, 2.75) is 32.1 Å². The van der Waals surface area contributed by atoms with Crippen LogP contribution in [0.3, 0.4) is 0 Å². The Kier molecular flexibility index (Phi) is 14.5. The van der Waals surface area contributed by atoms with Gasteiger partial charge < -0.3 is 28.9 Å². The minimum atomic E-state index is -0.605. The van der Waals surface area contributed by atoms with Crippen LogP contribution in [-0.4, -0.2) is 110 Å². The van der Waals surface area contributed by atoms with Gasteiger partial charge >= 0.3 is 0 Å². The second-order valence-electron chi connectivity index (χ2n) is 16.4. The minimum absolute atomic E-state index is 0.0221. The molecule has 1 aliphatic rings. The van der Waals surface area contributed by atoms with Gasteiger partial charge in [-0.05, 0) is 122 Å². The predicted octanol–water partition coefficient (Wildman–Crippen LogP) is 8.64. The zero-order chi connectivity index (χ0) is 46.2. The van der Waals surface area contributed by atoms with Gasteiger partial charge in [0.2, 0.25) is 5.91 Å². The van der Waals surface area contributed by atoms with E-state index in [0.717, 1.165) is 64.4 Å². The lowest BCUT2D eigenvalue weighted by Crippen LogP contribution is -2.50. The molecule has 14 heteroatoms. The van der Waals surface area contributed by atoms with Crippen molar-refractivity contribution < 1.29 is 33.0 Å². The van der Waals surface area contributed by atoms with Gasteiger partial charge in [0.25, 0.3) is 11.5 Å². The SMILES string of the molecule is COc1ccc(-c2sc3cc(OC)ccc3c2C(=O)c2ccc(OCCN(C)CCCCCC(=O)N3CCN(C(=O)c4cc(Cc5n[nH]c(=O)c6ccccc56)ccc4F)CC3)cc2)cc1. The molecule has 0 unspecified atom stereocenters. The molecule has 1 saturated heterocycles. The summed E-state index contributed by atoms with van der Waals surface area (Å²) in [6.07, 6.45) is 3.35. The standard InChI is InChI=1S/C52H52FN5O7S/c1-56(29-30-65-38-19-13-35(14-20-38)49(60)48-42-22-21-39(64-3)33-46(42)66-50(48)36-15-17-37(63-2)18-16-36)24-8-4-5-11-47(59)57-25-27-58(28-26-57)52(62)43-31-34(12-23-44(43)53)32-45-40-9-6-7-10-41(40)51(61)55-54-45/h6-7,9-10,12-23,31,33H,4-5,8,11,24-30,32H2,1-3H3,(H,55,61). The molecule has 8 rings (SSSR count). The van der Waals surface area contributed by atoms with Crippen molar-refractivity contribution in [3.8, 4) is 27.7 Å². The molecule has 0 atom stereocenters. The summed E-state index contributed by atoms with van der Waals surface area (Å²) >= 11 is 1.56. The molecule has 1 N–H and O–H groups in total. The van der Waals surface area contributed by atoms with Crippen LogP contribution >= 0.6 is 11.3 Å². The van der Waals surface area contributed by atoms with Gasteiger partial charge in [0.05, 0.1) is 30.9 Å². The molecule has 5 aromatic carbocycles. The van der Waals surface area contributed by atoms with Crippen molar-refractivity contribution >= 4 is 49.8 Å². The number of carbonyl (C=O) groups is 3. The first-order chi connectivity index (χ1) is 32.1. The minimum Gasteiger partial charge on any atom is -0.497 e. The lowest BCUT2D eigenvalue weighted by atomic mass is 9.97. The van der Waals surface area contributed by atoms with Gasteiger partial charge in [-0.2, -0.15) is 5.10 Å². The third-order valence-corrected chi connectivity index (χ3v) is 13.3. The summed E-state index contributed by atoms with van der Waals surface area (Å²) in [7, 11) is 5.31. The summed E-state index contributed by atoms with van der Waals surface area (Å²) in [5, 5.41) is 8.84. The fourth-order valence-electron chi connectivity index (χ4n) is 8.32. The van der Waals surface area contributed by atoms with E-state index in [4.69, 9.17) is 14.2 Å². The molecule has 340 valence electrons. The Hall–Kier alpha value is -6.90. The Bertz CT molecular complexity index is 2910. The summed E-state index contributed by atoms with van der Waals surface area (Å²) in [4.78, 5) is 59.3. The number of methoxy groups -OCH3 is 2. The molecule has 2 aromatic heterocycles. The fraction of sp³-hybridized carbons (Fsp3) is 0.288. The van der Waals surface area contributed by atoms with Crippen molar-refractivity contribution in [1.82, 2.24) is 24.9 Å². The summed E-state index contributed by atoms with van der Waals surface area (Å²) in [6, 6.07) is 32.4. The maximum atomic E-state index is 15.0. The number of nitrogens with zero attached hydrogens (tertiary/aromatic N) is 4. The van der Waals surface area contributed by atoms with Gasteiger partial charge in [0, 0.05) is 77.0 Å². The first-order valence-corrected chi connectivity index (χ1v) is 22.9. The number of ether oxygens (including phenoxy) is 3. The fourth-order valence-corrected chi connectivity index (χ4v) is 9.55. The van der Waals surface area contributed by atoms with E-state index in [1.807, 2.05) is 85.9 Å². The number of fused-ring (bicyclic) bond motifs is 2. The van der Waals surface area contributed by atoms with Crippen molar-refractivity contribution in [3.63, 3.8) is 0 Å². The van der Waals surface area contributed by atoms with E-state index >= 15 is 0 Å². The Balaban J connectivity index is 0.746. The van der Waals surface area contributed by atoms with Crippen LogP contribution < -0.4 is 19.8 Å². The maximum absolute atomic E-state index is 15.0. The van der Waals surface area contributed by atoms with E-state index < -0.39 is 11.7 Å². The summed E-state index contributed by atoms with van der Waals surface area (Å²) in [5.74, 6) is 1.15. The van der Waals surface area contributed by atoms with Crippen LogP contribution in [0.5, 0.6) is 17.2 Å². The van der Waals surface area contributed by atoms with Crippen LogP contribution in [0.25, 0.3) is 31.3 Å². The number of aromatic amines is 1. The Morgan fingerprint density at radius 2 is 1.45 bits per heavy atom. The van der Waals surface area contributed by atoms with E-state index in [9.17, 15) is 23.6 Å². The molecular formula is C52H52FN5O7S. The van der Waals surface area contributed by atoms with Crippen LogP contribution in [0, 0.1) is 5.82 Å². The number of ketones is 1. The topological polar surface area (TPSA) is 134 Å². The molecule has 3 heterocycles. The summed E-state index contributed by atoms with van der Waals surface area (Å²) < 4.78 is 32.8. The molecular weight excluding hydrogens is 858 g/mol. The molecule has 66 heavy (non-hydrogen) atoms. The Labute approximate surface area is 386 Å². The van der Waals surface area contributed by atoms with Crippen LogP contribution in [0.4, 0.5) is 4.39 Å². The van der Waals surface area contributed by atoms with Crippen molar-refractivity contribution in [3.05, 3.63) is 153 Å². The van der Waals surface area contributed by atoms with Crippen molar-refractivity contribution in [2.75, 3.05) is 67.1 Å². The average molecular weight is 910 g/mol. The summed E-state index contributed by atoms with van der Waals surface area (Å²) in [5.41, 5.74) is 3.18. The quantitative estimate of drug-likeness (QED) is 0.0664. The lowest BCUT2D eigenvalue weighted by molar-refractivity contribution is -0.132. The predicted molar refractivity (Wildman–Crippen MR) is 256 cm³/mol. The lowest BCUT2D eigenvalue weighted by Gasteiger charge is -2.35. The number of carbonyl (C=O) groups excluding carboxylic acids is 3. The van der Waals surface area contributed by atoms with Crippen LogP contribution in [0.1, 0.15) is 63.2 Å². The third-order valence-electron chi connectivity index (χ3n) is 12.1. The van der Waals surface area contributed by atoms with Crippen LogP contribution in [0.15, 0.2) is 114 Å². The molecule has 1 aliphatic heterocycles. The monoisotopic (exact) mass is 909 g/mol. The van der Waals surface area contributed by atoms with E-state index in [1.54, 1.807) is 59.6 Å². The molecule has 0 bridgehead atoms. The molecule has 0 radical (unpaired) electrons. The molecule has 12 nitrogen and oxygen atoms in total. The van der Waals surface area contributed by atoms with Gasteiger partial charge in [-0.1, -0.05) is 30.7 Å². The number of halogens is 1. The summed E-state index contributed by atoms with van der Waals surface area (Å²) in [6.45, 7) is 3.51. The number of thiophene rings is 1. The number of rotatable bonds is 18. The normalized spacial score (nSPS) is 12.8. The van der Waals surface area contributed by atoms with E-state index in [2.05, 4.69) is 15.1 Å². The smallest absolute Gasteiger partial charge is 0.272 e. The average Bonchev–Trinajstić information content (AvgIpc) is 3.74. The van der Waals surface area contributed by atoms with Crippen molar-refractivity contribution in [1.29, 1.82) is 0 Å². The number of aromatic nitrogens is 2. The number of hydrogen-bond donors (Lipinski definition) is 1. The number of likely N-dealkylation sites (N-methyl/N-ethyl adjacent to an activating group) is 1. The van der Waals surface area contributed by atoms with Gasteiger partial charge in [-0.3, -0.25) is 19.2 Å². The van der Waals surface area contributed by atoms with Gasteiger partial charge in [0.1, 0.15) is 29.7 Å². The van der Waals surface area contributed by atoms with Crippen molar-refractivity contribution in [2.24, 2.45) is 0 Å². The van der Waals surface area contributed by atoms with Gasteiger partial charge in [-0.15, -0.1) is 11.3 Å². The van der Waals surface area contributed by atoms with E-state index in [1.165, 1.54) is 6.07 Å². The first kappa shape index (κ1) is 45.7. The highest BCUT2D eigenvalue weighted by molar-refractivity contribution is 7.22. The zero-order valence-corrected chi connectivity index (χ0v) is 38.1. The van der Waals surface area contributed by atoms with E-state index in [0.29, 0.717) is 84.5 Å². The highest BCUT2D eigenvalue weighted by Gasteiger charge is 2.27. The third kappa shape index (κ3) is 10.5. The second-order valence-corrected chi connectivity index (χ2v) is 17.5. The number of nitrogens with one attached hydrogen (secondary N) is 1. The number of amides is 2.